The number of nitrogens with one attached hydrogen (secondary N) is 3. The Morgan fingerprint density at radius 1 is 0.824 bits per heavy atom. The molecule has 4 aromatic carbocycles. The number of ether oxygens (including phenoxy) is 6. The van der Waals surface area contributed by atoms with E-state index in [9.17, 15) is 32.5 Å². The summed E-state index contributed by atoms with van der Waals surface area (Å²) in [5, 5.41) is 20.1. The molecule has 0 saturated carbocycles. The Morgan fingerprint density at radius 3 is 2.16 bits per heavy atom. The molecule has 2 saturated heterocycles. The number of aliphatic hydroxyl groups is 1. The maximum atomic E-state index is 14.4. The Hall–Kier alpha value is -5.53. The SMILES string of the molecule is CC(C)CN(C[C@@H](O)[C@H](Cc1ccc(NC(=O)OCc2ccccc2)cc1)NC(=O)O[C@H]1CO[C@H]2OCC[C@H]21)S(=O)(=O)c1ccc(OCP(=O)(N[C@@H](C)C(=O)OC(C)C)Oc2ccccc2)cc1. The number of esters is 1. The van der Waals surface area contributed by atoms with Crippen molar-refractivity contribution >= 4 is 41.4 Å². The minimum absolute atomic E-state index is 0.0150. The fraction of sp³-hybridized carbons (Fsp3) is 0.438. The summed E-state index contributed by atoms with van der Waals surface area (Å²) < 4.78 is 83.2. The van der Waals surface area contributed by atoms with E-state index in [1.165, 1.54) is 31.2 Å². The van der Waals surface area contributed by atoms with Crippen LogP contribution >= 0.6 is 7.52 Å². The van der Waals surface area contributed by atoms with E-state index in [0.717, 1.165) is 9.87 Å². The summed E-state index contributed by atoms with van der Waals surface area (Å²) in [5.41, 5.74) is 1.93. The molecule has 2 aliphatic rings. The quantitative estimate of drug-likeness (QED) is 0.0331. The number of alkyl carbamates (subject to hydrolysis) is 1. The average molecular weight is 981 g/mol. The minimum atomic E-state index is -4.28. The Balaban J connectivity index is 1.15. The van der Waals surface area contributed by atoms with E-state index in [0.29, 0.717) is 24.3 Å². The van der Waals surface area contributed by atoms with Gasteiger partial charge in [-0.25, -0.2) is 23.1 Å². The van der Waals surface area contributed by atoms with Gasteiger partial charge in [0, 0.05) is 18.8 Å². The number of hydrogen-bond acceptors (Lipinski definition) is 14. The van der Waals surface area contributed by atoms with Crippen LogP contribution in [0, 0.1) is 11.8 Å². The highest BCUT2D eigenvalue weighted by atomic mass is 32.2. The van der Waals surface area contributed by atoms with Crippen LogP contribution < -0.4 is 25.0 Å². The van der Waals surface area contributed by atoms with Crippen molar-refractivity contribution in [1.82, 2.24) is 14.7 Å². The molecule has 4 aromatic rings. The fourth-order valence-electron chi connectivity index (χ4n) is 7.46. The number of para-hydroxylation sites is 1. The monoisotopic (exact) mass is 980 g/mol. The number of anilines is 1. The van der Waals surface area contributed by atoms with Crippen LogP contribution in [0.5, 0.6) is 11.5 Å². The molecule has 68 heavy (non-hydrogen) atoms. The summed E-state index contributed by atoms with van der Waals surface area (Å²) in [6.45, 7) is 8.87. The van der Waals surface area contributed by atoms with E-state index in [1.54, 1.807) is 68.4 Å². The van der Waals surface area contributed by atoms with Crippen LogP contribution in [0.3, 0.4) is 0 Å². The number of rotatable bonds is 23. The van der Waals surface area contributed by atoms with E-state index in [1.807, 2.05) is 44.2 Å². The predicted octanol–water partition coefficient (Wildman–Crippen LogP) is 7.08. The summed E-state index contributed by atoms with van der Waals surface area (Å²) in [7, 11) is -8.21. The lowest BCUT2D eigenvalue weighted by atomic mass is 10.0. The Morgan fingerprint density at radius 2 is 1.50 bits per heavy atom. The zero-order valence-electron chi connectivity index (χ0n) is 38.7. The topological polar surface area (TPSA) is 227 Å². The molecule has 0 aliphatic carbocycles. The number of carbonyl (C=O) groups is 3. The van der Waals surface area contributed by atoms with Gasteiger partial charge in [0.1, 0.15) is 30.3 Å². The second-order valence-corrected chi connectivity index (χ2v) is 21.2. The van der Waals surface area contributed by atoms with Gasteiger partial charge in [-0.2, -0.15) is 4.31 Å². The van der Waals surface area contributed by atoms with E-state index in [-0.39, 0.29) is 54.4 Å². The zero-order chi connectivity index (χ0) is 48.8. The van der Waals surface area contributed by atoms with Crippen LogP contribution in [-0.2, 0) is 56.1 Å². The van der Waals surface area contributed by atoms with Crippen LogP contribution in [0.2, 0.25) is 0 Å². The van der Waals surface area contributed by atoms with Gasteiger partial charge in [-0.3, -0.25) is 14.7 Å². The standard InChI is InChI=1S/C48H61N4O14PS/c1-32(2)27-52(68(58,59)40-22-20-38(21-23-40)63-31-67(57,66-39-14-10-7-11-15-39)51-34(5)45(54)64-33(3)4)28-43(53)42(50-48(56)65-44-30-61-46-41(44)24-25-60-46)26-35-16-18-37(19-17-35)49-47(55)62-29-36-12-8-6-9-13-36/h6-23,32-34,41-44,46,53H,24-31H2,1-5H3,(H,49,55)(H,50,56)(H,51,57)/t34-,41-,42-,43+,44-,46+,67?/m0/s1. The maximum absolute atomic E-state index is 14.4. The molecule has 6 rings (SSSR count). The van der Waals surface area contributed by atoms with Gasteiger partial charge >= 0.3 is 25.7 Å². The largest absolute Gasteiger partial charge is 0.481 e. The molecule has 0 spiro atoms. The summed E-state index contributed by atoms with van der Waals surface area (Å²) in [6.07, 6.45) is -4.18. The first kappa shape index (κ1) is 51.9. The van der Waals surface area contributed by atoms with Gasteiger partial charge < -0.3 is 43.4 Å². The number of carbonyl (C=O) groups excluding carboxylic acids is 3. The third-order valence-electron chi connectivity index (χ3n) is 10.8. The minimum Gasteiger partial charge on any atom is -0.481 e. The first-order valence-corrected chi connectivity index (χ1v) is 25.7. The van der Waals surface area contributed by atoms with Crippen molar-refractivity contribution in [2.45, 2.75) is 95.6 Å². The molecule has 2 amide bonds. The highest BCUT2D eigenvalue weighted by Crippen LogP contribution is 2.44. The van der Waals surface area contributed by atoms with Gasteiger partial charge in [-0.1, -0.05) is 74.5 Å². The molecule has 1 unspecified atom stereocenters. The van der Waals surface area contributed by atoms with E-state index in [2.05, 4.69) is 15.7 Å². The normalized spacial score (nSPS) is 19.0. The number of fused-ring (bicyclic) bond motifs is 1. The van der Waals surface area contributed by atoms with Gasteiger partial charge in [0.05, 0.1) is 42.3 Å². The highest BCUT2D eigenvalue weighted by molar-refractivity contribution is 7.89. The zero-order valence-corrected chi connectivity index (χ0v) is 40.4. The average Bonchev–Trinajstić information content (AvgIpc) is 3.93. The number of nitrogens with zero attached hydrogens (tertiary/aromatic N) is 1. The van der Waals surface area contributed by atoms with Gasteiger partial charge in [-0.05, 0) is 99.2 Å². The lowest BCUT2D eigenvalue weighted by Crippen LogP contribution is -2.51. The van der Waals surface area contributed by atoms with Crippen molar-refractivity contribution < 1.29 is 65.4 Å². The third-order valence-corrected chi connectivity index (χ3v) is 14.4. The van der Waals surface area contributed by atoms with Gasteiger partial charge in [0.25, 0.3) is 0 Å². The molecule has 0 radical (unpaired) electrons. The summed E-state index contributed by atoms with van der Waals surface area (Å²) in [5.74, 6) is -0.523. The summed E-state index contributed by atoms with van der Waals surface area (Å²) in [4.78, 5) is 38.5. The van der Waals surface area contributed by atoms with E-state index < -0.39 is 85.3 Å². The van der Waals surface area contributed by atoms with Crippen LogP contribution in [0.4, 0.5) is 15.3 Å². The highest BCUT2D eigenvalue weighted by Gasteiger charge is 2.44. The van der Waals surface area contributed by atoms with Crippen molar-refractivity contribution in [2.24, 2.45) is 11.8 Å². The van der Waals surface area contributed by atoms with Crippen molar-refractivity contribution in [2.75, 3.05) is 38.0 Å². The van der Waals surface area contributed by atoms with Crippen LogP contribution in [-0.4, -0.2) is 105 Å². The molecule has 20 heteroatoms. The van der Waals surface area contributed by atoms with Crippen molar-refractivity contribution in [1.29, 1.82) is 0 Å². The lowest BCUT2D eigenvalue weighted by molar-refractivity contribution is -0.149. The van der Waals surface area contributed by atoms with E-state index >= 15 is 0 Å². The van der Waals surface area contributed by atoms with E-state index in [4.69, 9.17) is 32.9 Å². The predicted molar refractivity (Wildman–Crippen MR) is 251 cm³/mol. The number of hydrogen-bond donors (Lipinski definition) is 4. The molecule has 2 fully saturated rings. The van der Waals surface area contributed by atoms with Crippen molar-refractivity contribution in [3.63, 3.8) is 0 Å². The van der Waals surface area contributed by atoms with Gasteiger partial charge in [-0.15, -0.1) is 0 Å². The van der Waals surface area contributed by atoms with Gasteiger partial charge in [0.15, 0.2) is 12.6 Å². The number of aliphatic hydroxyl groups excluding tert-OH is 1. The molecule has 2 heterocycles. The number of benzene rings is 4. The molecular weight excluding hydrogens is 920 g/mol. The lowest BCUT2D eigenvalue weighted by Gasteiger charge is -2.31. The molecule has 4 N–H and O–H groups in total. The van der Waals surface area contributed by atoms with Crippen molar-refractivity contribution in [3.8, 4) is 11.5 Å². The maximum Gasteiger partial charge on any atom is 0.411 e. The smallest absolute Gasteiger partial charge is 0.411 e. The Kier molecular flexibility index (Phi) is 18.4. The van der Waals surface area contributed by atoms with Gasteiger partial charge in [0.2, 0.25) is 10.0 Å². The Bertz CT molecular complexity index is 2410. The first-order chi connectivity index (χ1) is 32.5. The molecule has 7 atom stereocenters. The molecular formula is C48H61N4O14PS. The first-order valence-electron chi connectivity index (χ1n) is 22.5. The van der Waals surface area contributed by atoms with Crippen LogP contribution in [0.1, 0.15) is 52.2 Å². The number of sulfonamides is 1. The molecule has 18 nitrogen and oxygen atoms in total. The second-order valence-electron chi connectivity index (χ2n) is 17.2. The Labute approximate surface area is 397 Å². The van der Waals surface area contributed by atoms with Crippen LogP contribution in [0.25, 0.3) is 0 Å². The van der Waals surface area contributed by atoms with Crippen molar-refractivity contribution in [3.05, 3.63) is 120 Å². The third kappa shape index (κ3) is 15.2. The second kappa shape index (κ2) is 24.2. The number of amides is 2. The summed E-state index contributed by atoms with van der Waals surface area (Å²) in [6, 6.07) is 27.7. The molecule has 0 aromatic heterocycles. The molecule has 368 valence electrons. The molecule has 2 aliphatic heterocycles. The summed E-state index contributed by atoms with van der Waals surface area (Å²) >= 11 is 0. The molecule has 0 bridgehead atoms. The van der Waals surface area contributed by atoms with Crippen LogP contribution in [0.15, 0.2) is 114 Å². The fourth-order valence-corrected chi connectivity index (χ4v) is 10.7.